The first-order chi connectivity index (χ1) is 10.1. The number of methoxy groups -OCH3 is 3. The number of hydrogen-bond donors (Lipinski definition) is 1. The normalized spacial score (nSPS) is 11.9. The van der Waals surface area contributed by atoms with Gasteiger partial charge in [-0.25, -0.2) is 4.39 Å². The van der Waals surface area contributed by atoms with Gasteiger partial charge in [0, 0.05) is 17.7 Å². The van der Waals surface area contributed by atoms with Crippen LogP contribution in [0.25, 0.3) is 0 Å². The summed E-state index contributed by atoms with van der Waals surface area (Å²) < 4.78 is 29.6. The third kappa shape index (κ3) is 2.92. The van der Waals surface area contributed by atoms with Crippen LogP contribution in [0.5, 0.6) is 17.2 Å². The molecule has 0 aliphatic rings. The molecule has 1 atom stereocenters. The van der Waals surface area contributed by atoms with Gasteiger partial charge >= 0.3 is 0 Å². The summed E-state index contributed by atoms with van der Waals surface area (Å²) in [5.74, 6) is 0.752. The van der Waals surface area contributed by atoms with Crippen LogP contribution < -0.4 is 14.2 Å². The number of rotatable bonds is 5. The van der Waals surface area contributed by atoms with Crippen molar-refractivity contribution in [2.24, 2.45) is 0 Å². The van der Waals surface area contributed by atoms with Crippen LogP contribution >= 0.6 is 0 Å². The highest BCUT2D eigenvalue weighted by Gasteiger charge is 2.24. The molecule has 0 heterocycles. The third-order valence-electron chi connectivity index (χ3n) is 3.23. The Balaban J connectivity index is 2.59. The minimum atomic E-state index is -1.21. The Morgan fingerprint density at radius 2 is 1.52 bits per heavy atom. The van der Waals surface area contributed by atoms with Crippen LogP contribution in [0.4, 0.5) is 4.39 Å². The second-order valence-electron chi connectivity index (χ2n) is 4.37. The molecule has 0 aromatic heterocycles. The predicted molar refractivity (Wildman–Crippen MR) is 76.6 cm³/mol. The molecule has 0 radical (unpaired) electrons. The van der Waals surface area contributed by atoms with E-state index in [4.69, 9.17) is 14.2 Å². The summed E-state index contributed by atoms with van der Waals surface area (Å²) >= 11 is 0. The van der Waals surface area contributed by atoms with Gasteiger partial charge in [-0.05, 0) is 6.07 Å². The second-order valence-corrected chi connectivity index (χ2v) is 4.37. The first-order valence-electron chi connectivity index (χ1n) is 6.34. The summed E-state index contributed by atoms with van der Waals surface area (Å²) in [4.78, 5) is 0. The van der Waals surface area contributed by atoms with E-state index in [1.54, 1.807) is 24.3 Å². The van der Waals surface area contributed by atoms with Crippen molar-refractivity contribution in [2.45, 2.75) is 6.10 Å². The largest absolute Gasteiger partial charge is 0.496 e. The zero-order valence-corrected chi connectivity index (χ0v) is 12.1. The molecule has 0 saturated carbocycles. The van der Waals surface area contributed by atoms with E-state index in [0.29, 0.717) is 22.8 Å². The van der Waals surface area contributed by atoms with Gasteiger partial charge in [0.2, 0.25) is 0 Å². The molecule has 1 unspecified atom stereocenters. The van der Waals surface area contributed by atoms with Gasteiger partial charge < -0.3 is 19.3 Å². The maximum atomic E-state index is 13.9. The number of benzene rings is 2. The lowest BCUT2D eigenvalue weighted by Crippen LogP contribution is -2.07. The van der Waals surface area contributed by atoms with Gasteiger partial charge in [0.05, 0.1) is 26.9 Å². The minimum Gasteiger partial charge on any atom is -0.496 e. The zero-order valence-electron chi connectivity index (χ0n) is 12.1. The van der Waals surface area contributed by atoms with Crippen molar-refractivity contribution in [1.82, 2.24) is 0 Å². The first kappa shape index (κ1) is 15.1. The molecule has 5 heteroatoms. The Morgan fingerprint density at radius 3 is 2.00 bits per heavy atom. The van der Waals surface area contributed by atoms with E-state index in [1.807, 2.05) is 0 Å². The molecule has 0 bridgehead atoms. The molecule has 2 aromatic carbocycles. The van der Waals surface area contributed by atoms with E-state index < -0.39 is 11.9 Å². The average Bonchev–Trinajstić information content (AvgIpc) is 2.53. The van der Waals surface area contributed by atoms with Gasteiger partial charge in [-0.15, -0.1) is 0 Å². The van der Waals surface area contributed by atoms with Crippen molar-refractivity contribution in [2.75, 3.05) is 21.3 Å². The van der Waals surface area contributed by atoms with Crippen LogP contribution in [0, 0.1) is 5.82 Å². The van der Waals surface area contributed by atoms with Crippen molar-refractivity contribution in [3.63, 3.8) is 0 Å². The molecule has 0 aliphatic carbocycles. The molecule has 0 amide bonds. The highest BCUT2D eigenvalue weighted by atomic mass is 19.1. The summed E-state index contributed by atoms with van der Waals surface area (Å²) in [5.41, 5.74) is 0.505. The van der Waals surface area contributed by atoms with E-state index in [9.17, 15) is 9.50 Å². The Kier molecular flexibility index (Phi) is 4.65. The lowest BCUT2D eigenvalue weighted by molar-refractivity contribution is 0.203. The van der Waals surface area contributed by atoms with Crippen molar-refractivity contribution in [3.05, 3.63) is 53.3 Å². The minimum absolute atomic E-state index is 0.152. The summed E-state index contributed by atoms with van der Waals surface area (Å²) in [5, 5.41) is 10.5. The van der Waals surface area contributed by atoms with Crippen molar-refractivity contribution >= 4 is 0 Å². The van der Waals surface area contributed by atoms with E-state index in [2.05, 4.69) is 0 Å². The number of aliphatic hydroxyl groups excluding tert-OH is 1. The molecule has 1 N–H and O–H groups in total. The molecule has 0 saturated heterocycles. The van der Waals surface area contributed by atoms with E-state index in [0.717, 1.165) is 0 Å². The van der Waals surface area contributed by atoms with Crippen LogP contribution in [-0.4, -0.2) is 26.4 Å². The van der Waals surface area contributed by atoms with Crippen molar-refractivity contribution in [3.8, 4) is 17.2 Å². The molecule has 0 aliphatic heterocycles. The number of hydrogen-bond acceptors (Lipinski definition) is 4. The molecule has 21 heavy (non-hydrogen) atoms. The monoisotopic (exact) mass is 292 g/mol. The molecular formula is C16H17FO4. The fourth-order valence-corrected chi connectivity index (χ4v) is 2.15. The molecule has 4 nitrogen and oxygen atoms in total. The second kappa shape index (κ2) is 6.45. The Labute approximate surface area is 122 Å². The molecule has 0 spiro atoms. The number of ether oxygens (including phenoxy) is 3. The lowest BCUT2D eigenvalue weighted by Gasteiger charge is -2.19. The van der Waals surface area contributed by atoms with Crippen LogP contribution in [0.1, 0.15) is 17.2 Å². The third-order valence-corrected chi connectivity index (χ3v) is 3.23. The highest BCUT2D eigenvalue weighted by Crippen LogP contribution is 2.41. The lowest BCUT2D eigenvalue weighted by atomic mass is 9.99. The van der Waals surface area contributed by atoms with Crippen LogP contribution in [0.2, 0.25) is 0 Å². The summed E-state index contributed by atoms with van der Waals surface area (Å²) in [7, 11) is 4.44. The summed E-state index contributed by atoms with van der Waals surface area (Å²) in [6, 6.07) is 9.26. The smallest absolute Gasteiger partial charge is 0.132 e. The zero-order chi connectivity index (χ0) is 15.4. The highest BCUT2D eigenvalue weighted by molar-refractivity contribution is 5.54. The number of aliphatic hydroxyl groups is 1. The first-order valence-corrected chi connectivity index (χ1v) is 6.34. The van der Waals surface area contributed by atoms with Gasteiger partial charge in [-0.3, -0.25) is 0 Å². The maximum Gasteiger partial charge on any atom is 0.132 e. The van der Waals surface area contributed by atoms with Crippen LogP contribution in [-0.2, 0) is 0 Å². The molecule has 2 aromatic rings. The van der Waals surface area contributed by atoms with Crippen molar-refractivity contribution < 1.29 is 23.7 Å². The van der Waals surface area contributed by atoms with Crippen LogP contribution in [0.3, 0.4) is 0 Å². The Morgan fingerprint density at radius 1 is 0.952 bits per heavy atom. The fraction of sp³-hybridized carbons (Fsp3) is 0.250. The van der Waals surface area contributed by atoms with Gasteiger partial charge in [-0.1, -0.05) is 18.2 Å². The SMILES string of the molecule is COc1cc(OC)c(C(O)c2ccccc2F)c(OC)c1. The average molecular weight is 292 g/mol. The summed E-state index contributed by atoms with van der Waals surface area (Å²) in [6.45, 7) is 0. The molecule has 2 rings (SSSR count). The van der Waals surface area contributed by atoms with Crippen molar-refractivity contribution in [1.29, 1.82) is 0 Å². The molecule has 112 valence electrons. The maximum absolute atomic E-state index is 13.9. The van der Waals surface area contributed by atoms with Gasteiger partial charge in [0.1, 0.15) is 29.2 Å². The van der Waals surface area contributed by atoms with E-state index >= 15 is 0 Å². The predicted octanol–water partition coefficient (Wildman–Crippen LogP) is 2.93. The Hall–Kier alpha value is -2.27. The fourth-order valence-electron chi connectivity index (χ4n) is 2.15. The van der Waals surface area contributed by atoms with Crippen LogP contribution in [0.15, 0.2) is 36.4 Å². The molecular weight excluding hydrogens is 275 g/mol. The van der Waals surface area contributed by atoms with Gasteiger partial charge in [-0.2, -0.15) is 0 Å². The quantitative estimate of drug-likeness (QED) is 0.920. The van der Waals surface area contributed by atoms with E-state index in [1.165, 1.54) is 33.5 Å². The van der Waals surface area contributed by atoms with E-state index in [-0.39, 0.29) is 5.56 Å². The summed E-state index contributed by atoms with van der Waals surface area (Å²) in [6.07, 6.45) is -1.21. The molecule has 0 fully saturated rings. The standard InChI is InChI=1S/C16H17FO4/c1-19-10-8-13(20-2)15(14(9-10)21-3)16(18)11-6-4-5-7-12(11)17/h4-9,16,18H,1-3H3. The Bertz CT molecular complexity index is 602. The number of halogens is 1. The van der Waals surface area contributed by atoms with Gasteiger partial charge in [0.15, 0.2) is 0 Å². The topological polar surface area (TPSA) is 47.9 Å². The van der Waals surface area contributed by atoms with Gasteiger partial charge in [0.25, 0.3) is 0 Å².